The minimum Gasteiger partial charge on any atom is -0.491 e. The molecule has 2 aromatic heterocycles. The predicted octanol–water partition coefficient (Wildman–Crippen LogP) is 3.25. The smallest absolute Gasteiger partial charge is 0.343 e. The average molecular weight is 479 g/mol. The van der Waals surface area contributed by atoms with Crippen molar-refractivity contribution in [2.24, 2.45) is 5.41 Å². The average Bonchev–Trinajstić information content (AvgIpc) is 2.74. The van der Waals surface area contributed by atoms with Crippen molar-refractivity contribution in [1.82, 2.24) is 9.55 Å². The van der Waals surface area contributed by atoms with Crippen LogP contribution in [-0.2, 0) is 22.5 Å². The summed E-state index contributed by atoms with van der Waals surface area (Å²) < 4.78 is 18.0. The van der Waals surface area contributed by atoms with Gasteiger partial charge in [0.25, 0.3) is 0 Å². The van der Waals surface area contributed by atoms with Crippen molar-refractivity contribution in [3.8, 4) is 17.1 Å². The molecule has 9 heteroatoms. The fraction of sp³-hybridized carbons (Fsp3) is 0.542. The second-order valence-electron chi connectivity index (χ2n) is 8.94. The van der Waals surface area contributed by atoms with E-state index >= 15 is 0 Å². The quantitative estimate of drug-likeness (QED) is 0.459. The minimum absolute atomic E-state index is 0. The topological polar surface area (TPSA) is 99.9 Å². The highest BCUT2D eigenvalue weighted by atomic mass is 32.1. The van der Waals surface area contributed by atoms with Gasteiger partial charge in [0.2, 0.25) is 0 Å². The van der Waals surface area contributed by atoms with Crippen molar-refractivity contribution in [2.75, 3.05) is 26.9 Å². The third-order valence-electron chi connectivity index (χ3n) is 5.61. The fourth-order valence-corrected chi connectivity index (χ4v) is 3.96. The number of rotatable bonds is 8. The van der Waals surface area contributed by atoms with Gasteiger partial charge in [-0.3, -0.25) is 4.79 Å². The SMILES string of the molecule is CCOC(=O)c1cn2c(cc1=O)-c1nc(CO)c(OCCCOC)cc1C[C@H]2C(C)(C)C.S. The molecule has 0 fully saturated rings. The Morgan fingerprint density at radius 1 is 1.27 bits per heavy atom. The van der Waals surface area contributed by atoms with Crippen LogP contribution in [0.25, 0.3) is 11.4 Å². The largest absolute Gasteiger partial charge is 0.491 e. The number of aliphatic hydroxyl groups is 1. The number of aromatic nitrogens is 2. The van der Waals surface area contributed by atoms with Crippen molar-refractivity contribution in [2.45, 2.75) is 53.2 Å². The first-order chi connectivity index (χ1) is 15.2. The van der Waals surface area contributed by atoms with E-state index in [1.807, 2.05) is 10.6 Å². The molecule has 0 saturated carbocycles. The van der Waals surface area contributed by atoms with Crippen molar-refractivity contribution >= 4 is 19.5 Å². The highest BCUT2D eigenvalue weighted by Crippen LogP contribution is 2.43. The number of aliphatic hydroxyl groups excluding tert-OH is 1. The van der Waals surface area contributed by atoms with Gasteiger partial charge in [0.1, 0.15) is 17.0 Å². The first-order valence-corrected chi connectivity index (χ1v) is 10.9. The molecule has 0 amide bonds. The van der Waals surface area contributed by atoms with E-state index in [9.17, 15) is 14.7 Å². The number of pyridine rings is 2. The molecule has 1 N–H and O–H groups in total. The molecule has 3 heterocycles. The van der Waals surface area contributed by atoms with Gasteiger partial charge in [0.05, 0.1) is 31.2 Å². The van der Waals surface area contributed by atoms with Crippen LogP contribution in [0.3, 0.4) is 0 Å². The summed E-state index contributed by atoms with van der Waals surface area (Å²) in [5.41, 5.74) is 2.01. The van der Waals surface area contributed by atoms with Gasteiger partial charge >= 0.3 is 5.97 Å². The van der Waals surface area contributed by atoms with E-state index in [1.54, 1.807) is 20.2 Å². The van der Waals surface area contributed by atoms with Gasteiger partial charge in [-0.15, -0.1) is 0 Å². The van der Waals surface area contributed by atoms with Crippen LogP contribution < -0.4 is 10.2 Å². The van der Waals surface area contributed by atoms with E-state index in [2.05, 4.69) is 25.8 Å². The number of ether oxygens (including phenoxy) is 3. The number of nitrogens with zero attached hydrogens (tertiary/aromatic N) is 2. The molecule has 33 heavy (non-hydrogen) atoms. The fourth-order valence-electron chi connectivity index (χ4n) is 3.96. The lowest BCUT2D eigenvalue weighted by molar-refractivity contribution is 0.0523. The van der Waals surface area contributed by atoms with Gasteiger partial charge in [0.15, 0.2) is 5.43 Å². The Labute approximate surface area is 201 Å². The molecule has 0 spiro atoms. The highest BCUT2D eigenvalue weighted by Gasteiger charge is 2.35. The zero-order valence-corrected chi connectivity index (χ0v) is 20.9. The summed E-state index contributed by atoms with van der Waals surface area (Å²) in [6.07, 6.45) is 2.95. The Hall–Kier alpha value is -2.36. The predicted molar refractivity (Wildman–Crippen MR) is 130 cm³/mol. The monoisotopic (exact) mass is 478 g/mol. The number of hydrogen-bond donors (Lipinski definition) is 1. The van der Waals surface area contributed by atoms with E-state index in [1.165, 1.54) is 6.07 Å². The normalized spacial score (nSPS) is 14.7. The molecule has 0 bridgehead atoms. The molecule has 0 aromatic carbocycles. The van der Waals surface area contributed by atoms with Gasteiger partial charge in [-0.05, 0) is 30.4 Å². The highest BCUT2D eigenvalue weighted by molar-refractivity contribution is 7.59. The van der Waals surface area contributed by atoms with Gasteiger partial charge in [0, 0.05) is 38.4 Å². The molecule has 1 aliphatic heterocycles. The molecule has 1 aliphatic rings. The third kappa shape index (κ3) is 5.77. The summed E-state index contributed by atoms with van der Waals surface area (Å²) in [6, 6.07) is 3.32. The Balaban J connectivity index is 0.00000385. The van der Waals surface area contributed by atoms with Crippen LogP contribution in [0.5, 0.6) is 5.75 Å². The summed E-state index contributed by atoms with van der Waals surface area (Å²) in [4.78, 5) is 29.8. The standard InChI is InChI=1S/C24H32N2O6.H2S/c1-6-31-23(29)16-13-26-18(12-19(16)28)22-15(11-21(26)24(2,3)4)10-20(17(14-27)25-22)32-9-7-8-30-5;/h10,12-13,21,27H,6-9,11,14H2,1-5H3;1H2/t21-;/m0./s1. The molecule has 2 aromatic rings. The Morgan fingerprint density at radius 3 is 2.61 bits per heavy atom. The van der Waals surface area contributed by atoms with Gasteiger partial charge in [-0.1, -0.05) is 20.8 Å². The van der Waals surface area contributed by atoms with Crippen LogP contribution in [0.2, 0.25) is 0 Å². The van der Waals surface area contributed by atoms with Gasteiger partial charge < -0.3 is 23.9 Å². The molecular formula is C24H34N2O6S. The molecule has 0 radical (unpaired) electrons. The summed E-state index contributed by atoms with van der Waals surface area (Å²) in [6.45, 7) is 8.99. The Kier molecular flexibility index (Phi) is 9.11. The summed E-state index contributed by atoms with van der Waals surface area (Å²) in [5, 5.41) is 9.89. The van der Waals surface area contributed by atoms with Gasteiger partial charge in [-0.2, -0.15) is 13.5 Å². The first kappa shape index (κ1) is 26.9. The lowest BCUT2D eigenvalue weighted by Gasteiger charge is -2.38. The number of esters is 1. The number of carbonyl (C=O) groups excluding carboxylic acids is 1. The molecule has 182 valence electrons. The maximum Gasteiger partial charge on any atom is 0.343 e. The summed E-state index contributed by atoms with van der Waals surface area (Å²) in [5.74, 6) is -0.0935. The Bertz CT molecular complexity index is 1040. The van der Waals surface area contributed by atoms with Crippen molar-refractivity contribution in [1.29, 1.82) is 0 Å². The number of fused-ring (bicyclic) bond motifs is 3. The second-order valence-corrected chi connectivity index (χ2v) is 8.94. The molecule has 0 saturated heterocycles. The number of carbonyl (C=O) groups is 1. The molecule has 8 nitrogen and oxygen atoms in total. The molecular weight excluding hydrogens is 444 g/mol. The number of methoxy groups -OCH3 is 1. The minimum atomic E-state index is -0.630. The molecule has 3 rings (SSSR count). The van der Waals surface area contributed by atoms with E-state index in [0.717, 1.165) is 12.0 Å². The second kappa shape index (κ2) is 11.2. The van der Waals surface area contributed by atoms with Crippen molar-refractivity contribution < 1.29 is 24.1 Å². The lowest BCUT2D eigenvalue weighted by Crippen LogP contribution is -2.33. The van der Waals surface area contributed by atoms with Gasteiger partial charge in [-0.25, -0.2) is 9.78 Å². The van der Waals surface area contributed by atoms with E-state index in [0.29, 0.717) is 42.5 Å². The summed E-state index contributed by atoms with van der Waals surface area (Å²) in [7, 11) is 1.64. The molecule has 0 aliphatic carbocycles. The van der Waals surface area contributed by atoms with Crippen LogP contribution in [-0.4, -0.2) is 47.6 Å². The van der Waals surface area contributed by atoms with E-state index < -0.39 is 11.4 Å². The van der Waals surface area contributed by atoms with E-state index in [4.69, 9.17) is 14.2 Å². The Morgan fingerprint density at radius 2 is 2.00 bits per heavy atom. The van der Waals surface area contributed by atoms with Crippen LogP contribution in [0.4, 0.5) is 0 Å². The lowest BCUT2D eigenvalue weighted by atomic mass is 9.79. The van der Waals surface area contributed by atoms with Crippen LogP contribution >= 0.6 is 13.5 Å². The van der Waals surface area contributed by atoms with E-state index in [-0.39, 0.29) is 43.7 Å². The first-order valence-electron chi connectivity index (χ1n) is 10.9. The third-order valence-corrected chi connectivity index (χ3v) is 5.61. The number of hydrogen-bond acceptors (Lipinski definition) is 7. The zero-order valence-electron chi connectivity index (χ0n) is 19.9. The van der Waals surface area contributed by atoms with Crippen molar-refractivity contribution in [3.63, 3.8) is 0 Å². The summed E-state index contributed by atoms with van der Waals surface area (Å²) >= 11 is 0. The van der Waals surface area contributed by atoms with Crippen molar-refractivity contribution in [3.05, 3.63) is 45.4 Å². The zero-order chi connectivity index (χ0) is 23.5. The molecule has 1 atom stereocenters. The maximum absolute atomic E-state index is 12.8. The van der Waals surface area contributed by atoms with Crippen LogP contribution in [0.1, 0.15) is 61.8 Å². The van der Waals surface area contributed by atoms with Crippen LogP contribution in [0.15, 0.2) is 23.1 Å². The molecule has 0 unspecified atom stereocenters. The van der Waals surface area contributed by atoms with Crippen LogP contribution in [0, 0.1) is 5.41 Å². The maximum atomic E-state index is 12.8.